The van der Waals surface area contributed by atoms with Crippen LogP contribution in [-0.4, -0.2) is 4.70 Å². The molecule has 2 nitrogen and oxygen atoms in total. The zero-order valence-electron chi connectivity index (χ0n) is 54.7. The number of unbranched alkanes of at least 4 members (excludes halogenated alkanes) is 43. The molecule has 3 rings (SSSR count). The van der Waals surface area contributed by atoms with Gasteiger partial charge in [-0.1, -0.05) is 238 Å². The molecule has 0 radical (unpaired) electrons. The third-order valence-corrected chi connectivity index (χ3v) is 18.8. The number of benzene rings is 2. The maximum atomic E-state index is 12.4. The van der Waals surface area contributed by atoms with Gasteiger partial charge < -0.3 is 5.53 Å². The van der Waals surface area contributed by atoms with E-state index in [2.05, 4.69) is 90.1 Å². The fourth-order valence-electron chi connectivity index (χ4n) is 12.2. The predicted molar refractivity (Wildman–Crippen MR) is 357 cm³/mol. The summed E-state index contributed by atoms with van der Waals surface area (Å²) in [4.78, 5) is 0. The van der Waals surface area contributed by atoms with Crippen molar-refractivity contribution in [2.45, 2.75) is 393 Å². The Morgan fingerprint density at radius 1 is 0.275 bits per heavy atom. The Bertz CT molecular complexity index is 1730. The zero-order valence-corrected chi connectivity index (χ0v) is 55.7. The van der Waals surface area contributed by atoms with Crippen molar-refractivity contribution in [3.05, 3.63) is 87.5 Å². The summed E-state index contributed by atoms with van der Waals surface area (Å²) in [5.41, 5.74) is 22.6. The van der Waals surface area contributed by atoms with E-state index in [1.54, 1.807) is 4.70 Å². The van der Waals surface area contributed by atoms with Crippen LogP contribution in [0.1, 0.15) is 391 Å². The summed E-state index contributed by atoms with van der Waals surface area (Å²) in [6.45, 7) is 13.8. The van der Waals surface area contributed by atoms with Crippen LogP contribution in [0.5, 0.6) is 0 Å². The molecule has 0 aromatic heterocycles. The molecule has 0 spiro atoms. The monoisotopic (exact) mass is 1150 g/mol. The average Bonchev–Trinajstić information content (AvgIpc) is 3.83. The van der Waals surface area contributed by atoms with E-state index in [4.69, 9.17) is 0 Å². The van der Waals surface area contributed by atoms with Gasteiger partial charge in [0.05, 0.1) is 0 Å². The van der Waals surface area contributed by atoms with Crippen LogP contribution < -0.4 is 0 Å². The fraction of sp³-hybridized carbons (Fsp3) is 0.792. The SMILES string of the molecule is CCCCCCCCCCCCCCCCCCCC1=C(c2cccc(CCCCCCCC)c2)[N+](=[N-])C(c2cccc(CCCCCCCC)c2)=C1CCCCCC.CCCCCCCCC[CH2][Ni][CH2]CCCCCCCCC. The van der Waals surface area contributed by atoms with Crippen molar-refractivity contribution in [1.82, 2.24) is 0 Å². The third kappa shape index (κ3) is 38.8. The van der Waals surface area contributed by atoms with E-state index in [-0.39, 0.29) is 0 Å². The topological polar surface area (TPSA) is 25.3 Å². The summed E-state index contributed by atoms with van der Waals surface area (Å²) in [6, 6.07) is 18.5. The van der Waals surface area contributed by atoms with Crippen LogP contribution in [0.2, 0.25) is 10.8 Å². The zero-order chi connectivity index (χ0) is 57.5. The predicted octanol–water partition coefficient (Wildman–Crippen LogP) is 27.9. The van der Waals surface area contributed by atoms with Gasteiger partial charge in [0.15, 0.2) is 0 Å². The summed E-state index contributed by atoms with van der Waals surface area (Å²) in [7, 11) is 0. The van der Waals surface area contributed by atoms with E-state index >= 15 is 0 Å². The Kier molecular flexibility index (Phi) is 52.0. The van der Waals surface area contributed by atoms with E-state index in [1.807, 2.05) is 14.4 Å². The van der Waals surface area contributed by atoms with Gasteiger partial charge in [-0.15, -0.1) is 0 Å². The molecule has 2 aromatic carbocycles. The molecule has 2 aromatic rings. The molecule has 1 aliphatic heterocycles. The Labute approximate surface area is 507 Å². The van der Waals surface area contributed by atoms with Crippen LogP contribution in [0, 0.1) is 0 Å². The van der Waals surface area contributed by atoms with E-state index in [9.17, 15) is 5.53 Å². The van der Waals surface area contributed by atoms with E-state index < -0.39 is 0 Å². The summed E-state index contributed by atoms with van der Waals surface area (Å²) in [6.07, 6.45) is 72.2. The Morgan fingerprint density at radius 2 is 0.500 bits per heavy atom. The van der Waals surface area contributed by atoms with Crippen molar-refractivity contribution in [2.75, 3.05) is 0 Å². The van der Waals surface area contributed by atoms with Gasteiger partial charge >= 0.3 is 142 Å². The quantitative estimate of drug-likeness (QED) is 0.0358. The van der Waals surface area contributed by atoms with Crippen molar-refractivity contribution in [2.24, 2.45) is 0 Å². The molecule has 0 atom stereocenters. The van der Waals surface area contributed by atoms with Gasteiger partial charge in [-0.05, 0) is 86.8 Å². The molecule has 80 heavy (non-hydrogen) atoms. The molecule has 1 heterocycles. The Hall–Kier alpha value is -1.99. The second-order valence-electron chi connectivity index (χ2n) is 25.0. The molecule has 0 bridgehead atoms. The normalized spacial score (nSPS) is 12.7. The number of rotatable bonds is 57. The first-order valence-electron chi connectivity index (χ1n) is 36.1. The third-order valence-electron chi connectivity index (χ3n) is 17.4. The maximum absolute atomic E-state index is 12.4. The van der Waals surface area contributed by atoms with Gasteiger partial charge in [0.2, 0.25) is 11.4 Å². The van der Waals surface area contributed by atoms with Crippen LogP contribution in [0.25, 0.3) is 16.9 Å². The van der Waals surface area contributed by atoms with Crippen LogP contribution in [0.4, 0.5) is 0 Å². The number of hydrogen-bond donors (Lipinski definition) is 0. The van der Waals surface area contributed by atoms with Crippen LogP contribution >= 0.6 is 0 Å². The second-order valence-corrected chi connectivity index (χ2v) is 26.5. The summed E-state index contributed by atoms with van der Waals surface area (Å²) >= 11 is 2.02. The summed E-state index contributed by atoms with van der Waals surface area (Å²) in [5, 5.41) is 2.86. The first-order valence-corrected chi connectivity index (χ1v) is 37.5. The number of aryl methyl sites for hydroxylation is 2. The minimum absolute atomic E-state index is 1.04. The van der Waals surface area contributed by atoms with Crippen molar-refractivity contribution in [3.8, 4) is 0 Å². The molecule has 1 aliphatic rings. The van der Waals surface area contributed by atoms with Crippen molar-refractivity contribution >= 4 is 11.4 Å². The first-order chi connectivity index (χ1) is 39.6. The van der Waals surface area contributed by atoms with Gasteiger partial charge in [-0.2, -0.15) is 0 Å². The van der Waals surface area contributed by atoms with Crippen molar-refractivity contribution < 1.29 is 19.1 Å². The molecule has 0 saturated heterocycles. The molecule has 0 unspecified atom stereocenters. The van der Waals surface area contributed by atoms with E-state index in [1.165, 1.54) is 359 Å². The number of allylic oxidation sites excluding steroid dienone is 2. The minimum atomic E-state index is 1.04. The van der Waals surface area contributed by atoms with Crippen molar-refractivity contribution in [1.29, 1.82) is 0 Å². The van der Waals surface area contributed by atoms with Gasteiger partial charge in [0.1, 0.15) is 0 Å². The van der Waals surface area contributed by atoms with E-state index in [0.29, 0.717) is 0 Å². The molecule has 3 heteroatoms. The molecular weight excluding hydrogens is 1010 g/mol. The van der Waals surface area contributed by atoms with Gasteiger partial charge in [-0.3, -0.25) is 0 Å². The van der Waals surface area contributed by atoms with E-state index in [0.717, 1.165) is 37.1 Å². The molecular formula is C77H136N2Ni. The molecule has 0 aliphatic carbocycles. The summed E-state index contributed by atoms with van der Waals surface area (Å²) in [5.74, 6) is 0. The van der Waals surface area contributed by atoms with Gasteiger partial charge in [0, 0.05) is 22.3 Å². The number of nitrogens with zero attached hydrogens (tertiary/aromatic N) is 2. The Balaban J connectivity index is 0.000000876. The van der Waals surface area contributed by atoms with Gasteiger partial charge in [0.25, 0.3) is 0 Å². The molecule has 0 N–H and O–H groups in total. The van der Waals surface area contributed by atoms with Gasteiger partial charge in [-0.25, -0.2) is 4.70 Å². The van der Waals surface area contributed by atoms with Crippen LogP contribution in [0.3, 0.4) is 0 Å². The number of hydrogen-bond acceptors (Lipinski definition) is 0. The Morgan fingerprint density at radius 3 is 0.775 bits per heavy atom. The summed E-state index contributed by atoms with van der Waals surface area (Å²) < 4.78 is 1.64. The molecule has 0 amide bonds. The first kappa shape index (κ1) is 74.1. The standard InChI is InChI=1S/C57H94N2.2C10H21.Ni/c1-5-9-13-17-20-21-22-23-24-25-26-27-28-29-30-33-37-47-55-54(46-36-16-12-8-4)56(52-44-38-42-50(48-52)40-34-31-18-14-10-6-2)59(58)57(55)53-45-39-43-51(49-53)41-35-32-19-15-11-7-3;2*1-3-5-7-9-10-8-6-4-2;/h38-39,42-45,48-49H,5-37,40-41,46-47H2,1-4H3;2*1,3-10H2,2H3;. The van der Waals surface area contributed by atoms with Crippen LogP contribution in [-0.2, 0) is 27.3 Å². The molecule has 0 saturated carbocycles. The molecule has 0 fully saturated rings. The average molecular weight is 1150 g/mol. The van der Waals surface area contributed by atoms with Crippen molar-refractivity contribution in [3.63, 3.8) is 0 Å². The molecule has 464 valence electrons. The second kappa shape index (κ2) is 56.2. The fourth-order valence-corrected chi connectivity index (χ4v) is 13.4. The van der Waals surface area contributed by atoms with Crippen LogP contribution in [0.15, 0.2) is 59.7 Å².